The second-order valence-electron chi connectivity index (χ2n) is 8.97. The molecule has 0 amide bonds. The lowest BCUT2D eigenvalue weighted by Gasteiger charge is -2.20. The van der Waals surface area contributed by atoms with Crippen LogP contribution >= 0.6 is 0 Å². The summed E-state index contributed by atoms with van der Waals surface area (Å²) in [4.78, 5) is 13.1. The van der Waals surface area contributed by atoms with Gasteiger partial charge in [0.2, 0.25) is 10.0 Å². The predicted molar refractivity (Wildman–Crippen MR) is 136 cm³/mol. The van der Waals surface area contributed by atoms with Crippen molar-refractivity contribution < 1.29 is 21.9 Å². The third-order valence-electron chi connectivity index (χ3n) is 5.42. The van der Waals surface area contributed by atoms with Crippen molar-refractivity contribution in [1.29, 1.82) is 0 Å². The SMILES string of the molecule is CC(C)CCn1nc(-c2ccn(C)c2)c(O)c(C2=NS(=O)(=O)c3cc(NS(C)(=O)=O)ccc3N2)c1=O. The quantitative estimate of drug-likeness (QED) is 0.414. The lowest BCUT2D eigenvalue weighted by molar-refractivity contribution is 0.444. The topological polar surface area (TPSA) is 165 Å². The number of aromatic hydroxyl groups is 1. The van der Waals surface area contributed by atoms with Crippen LogP contribution < -0.4 is 15.6 Å². The van der Waals surface area contributed by atoms with Gasteiger partial charge >= 0.3 is 0 Å². The summed E-state index contributed by atoms with van der Waals surface area (Å²) in [5, 5.41) is 18.3. The molecule has 0 fully saturated rings. The molecule has 14 heteroatoms. The van der Waals surface area contributed by atoms with Crippen LogP contribution in [0.5, 0.6) is 5.75 Å². The number of nitrogens with zero attached hydrogens (tertiary/aromatic N) is 4. The molecule has 0 atom stereocenters. The first-order chi connectivity index (χ1) is 16.7. The lowest BCUT2D eigenvalue weighted by Crippen LogP contribution is -2.34. The highest BCUT2D eigenvalue weighted by molar-refractivity contribution is 7.92. The Kier molecular flexibility index (Phi) is 6.43. The summed E-state index contributed by atoms with van der Waals surface area (Å²) in [5.41, 5.74) is -0.285. The molecule has 2 aromatic heterocycles. The van der Waals surface area contributed by atoms with E-state index in [0.717, 1.165) is 12.3 Å². The third kappa shape index (κ3) is 5.14. The Balaban J connectivity index is 1.88. The molecule has 0 radical (unpaired) electrons. The fraction of sp³-hybridized carbons (Fsp3) is 0.318. The van der Waals surface area contributed by atoms with Gasteiger partial charge in [0, 0.05) is 37.2 Å². The average molecular weight is 535 g/mol. The van der Waals surface area contributed by atoms with Gasteiger partial charge in [-0.15, -0.1) is 4.40 Å². The van der Waals surface area contributed by atoms with E-state index >= 15 is 0 Å². The van der Waals surface area contributed by atoms with Crippen LogP contribution in [0.2, 0.25) is 0 Å². The lowest BCUT2D eigenvalue weighted by atomic mass is 10.1. The molecule has 0 bridgehead atoms. The van der Waals surface area contributed by atoms with Gasteiger partial charge in [-0.25, -0.2) is 13.1 Å². The first-order valence-corrected chi connectivity index (χ1v) is 14.3. The fourth-order valence-corrected chi connectivity index (χ4v) is 5.39. The van der Waals surface area contributed by atoms with Crippen molar-refractivity contribution >= 4 is 37.3 Å². The monoisotopic (exact) mass is 534 g/mol. The molecule has 0 spiro atoms. The maximum absolute atomic E-state index is 13.4. The van der Waals surface area contributed by atoms with Crippen LogP contribution in [0.25, 0.3) is 11.3 Å². The maximum Gasteiger partial charge on any atom is 0.286 e. The van der Waals surface area contributed by atoms with Gasteiger partial charge in [-0.1, -0.05) is 13.8 Å². The third-order valence-corrected chi connectivity index (χ3v) is 7.34. The largest absolute Gasteiger partial charge is 0.505 e. The molecule has 12 nitrogen and oxygen atoms in total. The van der Waals surface area contributed by atoms with Crippen LogP contribution in [0.4, 0.5) is 11.4 Å². The molecular weight excluding hydrogens is 508 g/mol. The average Bonchev–Trinajstić information content (AvgIpc) is 3.18. The van der Waals surface area contributed by atoms with Gasteiger partial charge in [0.1, 0.15) is 16.2 Å². The van der Waals surface area contributed by atoms with E-state index in [2.05, 4.69) is 19.5 Å². The summed E-state index contributed by atoms with van der Waals surface area (Å²) in [6.45, 7) is 4.24. The molecule has 1 aliphatic rings. The Bertz CT molecular complexity index is 1650. The van der Waals surface area contributed by atoms with Gasteiger partial charge in [0.05, 0.1) is 11.9 Å². The van der Waals surface area contributed by atoms with Crippen LogP contribution in [-0.2, 0) is 33.6 Å². The van der Waals surface area contributed by atoms with E-state index in [1.807, 2.05) is 13.8 Å². The Morgan fingerprint density at radius 2 is 1.94 bits per heavy atom. The molecule has 0 unspecified atom stereocenters. The molecule has 36 heavy (non-hydrogen) atoms. The van der Waals surface area contributed by atoms with Crippen LogP contribution in [-0.4, -0.2) is 48.4 Å². The number of aromatic nitrogens is 3. The first-order valence-electron chi connectivity index (χ1n) is 11.0. The van der Waals surface area contributed by atoms with E-state index in [9.17, 15) is 26.7 Å². The maximum atomic E-state index is 13.4. The summed E-state index contributed by atoms with van der Waals surface area (Å²) in [6, 6.07) is 5.56. The minimum absolute atomic E-state index is 0.0365. The standard InChI is InChI=1S/C22H26N6O6S2/c1-13(2)7-10-28-22(30)18(20(29)19(24-28)14-8-9-27(3)12-14)21-23-16-6-5-15(25-35(4,31)32)11-17(16)36(33,34)26-21/h5-6,8-9,11-13,25,29H,7,10H2,1-4H3,(H,23,26). The molecule has 0 saturated carbocycles. The van der Waals surface area contributed by atoms with E-state index in [1.165, 1.54) is 16.8 Å². The minimum atomic E-state index is -4.36. The second-order valence-corrected chi connectivity index (χ2v) is 12.3. The number of hydrogen-bond donors (Lipinski definition) is 3. The molecule has 192 valence electrons. The number of rotatable bonds is 7. The summed E-state index contributed by atoms with van der Waals surface area (Å²) in [5.74, 6) is -0.595. The number of sulfonamides is 2. The Morgan fingerprint density at radius 1 is 1.22 bits per heavy atom. The second kappa shape index (κ2) is 9.09. The Labute approximate surface area is 208 Å². The van der Waals surface area contributed by atoms with Gasteiger partial charge in [0.15, 0.2) is 11.6 Å². The van der Waals surface area contributed by atoms with Crippen molar-refractivity contribution in [1.82, 2.24) is 14.3 Å². The molecule has 3 heterocycles. The summed E-state index contributed by atoms with van der Waals surface area (Å²) in [7, 11) is -6.20. The molecular formula is C22H26N6O6S2. The molecule has 0 saturated heterocycles. The summed E-state index contributed by atoms with van der Waals surface area (Å²) < 4.78 is 58.1. The number of hydrogen-bond acceptors (Lipinski definition) is 8. The normalized spacial score (nSPS) is 14.8. The summed E-state index contributed by atoms with van der Waals surface area (Å²) in [6.07, 6.45) is 5.03. The smallest absolute Gasteiger partial charge is 0.286 e. The zero-order chi connectivity index (χ0) is 26.4. The van der Waals surface area contributed by atoms with E-state index in [-0.39, 0.29) is 45.8 Å². The number of aryl methyl sites for hydroxylation is 2. The van der Waals surface area contributed by atoms with E-state index in [1.54, 1.807) is 30.1 Å². The van der Waals surface area contributed by atoms with Gasteiger partial charge in [-0.05, 0) is 36.6 Å². The molecule has 4 rings (SSSR count). The molecule has 3 aromatic rings. The minimum Gasteiger partial charge on any atom is -0.505 e. The van der Waals surface area contributed by atoms with Crippen molar-refractivity contribution in [3.05, 3.63) is 52.6 Å². The zero-order valence-electron chi connectivity index (χ0n) is 20.0. The van der Waals surface area contributed by atoms with E-state index in [4.69, 9.17) is 0 Å². The van der Waals surface area contributed by atoms with E-state index < -0.39 is 31.4 Å². The van der Waals surface area contributed by atoms with Crippen molar-refractivity contribution in [3.63, 3.8) is 0 Å². The highest BCUT2D eigenvalue weighted by atomic mass is 32.2. The highest BCUT2D eigenvalue weighted by Crippen LogP contribution is 2.34. The van der Waals surface area contributed by atoms with Crippen LogP contribution in [0.15, 0.2) is 50.7 Å². The van der Waals surface area contributed by atoms with Gasteiger partial charge in [-0.2, -0.15) is 13.5 Å². The van der Waals surface area contributed by atoms with Crippen molar-refractivity contribution in [2.75, 3.05) is 16.3 Å². The molecule has 0 aliphatic carbocycles. The number of fused-ring (bicyclic) bond motifs is 1. The van der Waals surface area contributed by atoms with E-state index in [0.29, 0.717) is 12.0 Å². The van der Waals surface area contributed by atoms with Crippen molar-refractivity contribution in [2.45, 2.75) is 31.7 Å². The molecule has 1 aliphatic heterocycles. The predicted octanol–water partition coefficient (Wildman–Crippen LogP) is 1.93. The molecule has 3 N–H and O–H groups in total. The van der Waals surface area contributed by atoms with Gasteiger partial charge in [0.25, 0.3) is 15.6 Å². The number of anilines is 2. The molecule has 1 aromatic carbocycles. The van der Waals surface area contributed by atoms with Crippen LogP contribution in [0.1, 0.15) is 25.8 Å². The van der Waals surface area contributed by atoms with Gasteiger partial charge < -0.3 is 15.0 Å². The zero-order valence-corrected chi connectivity index (χ0v) is 21.7. The summed E-state index contributed by atoms with van der Waals surface area (Å²) >= 11 is 0. The van der Waals surface area contributed by atoms with Crippen molar-refractivity contribution in [3.8, 4) is 17.0 Å². The Hall–Kier alpha value is -3.65. The van der Waals surface area contributed by atoms with Crippen LogP contribution in [0, 0.1) is 5.92 Å². The number of nitrogens with one attached hydrogen (secondary N) is 2. The fourth-order valence-electron chi connectivity index (χ4n) is 3.69. The highest BCUT2D eigenvalue weighted by Gasteiger charge is 2.31. The number of amidine groups is 1. The van der Waals surface area contributed by atoms with Crippen LogP contribution in [0.3, 0.4) is 0 Å². The number of benzene rings is 1. The first kappa shape index (κ1) is 25.4. The van der Waals surface area contributed by atoms with Crippen molar-refractivity contribution in [2.24, 2.45) is 17.4 Å². The van der Waals surface area contributed by atoms with Gasteiger partial charge in [-0.3, -0.25) is 9.52 Å². The Morgan fingerprint density at radius 3 is 2.56 bits per heavy atom.